The van der Waals surface area contributed by atoms with Gasteiger partial charge in [-0.2, -0.15) is 4.98 Å². The van der Waals surface area contributed by atoms with Crippen molar-refractivity contribution in [1.29, 1.82) is 0 Å². The largest absolute Gasteiger partial charge is 0.438 e. The molecule has 19 heavy (non-hydrogen) atoms. The molecular weight excluding hydrogens is 328 g/mol. The van der Waals surface area contributed by atoms with Crippen molar-refractivity contribution in [2.75, 3.05) is 0 Å². The first-order valence-electron chi connectivity index (χ1n) is 6.06. The molecular formula is C14H14BrClN2O. The summed E-state index contributed by atoms with van der Waals surface area (Å²) in [4.78, 5) is 7.88. The average molecular weight is 342 g/mol. The van der Waals surface area contributed by atoms with E-state index in [2.05, 4.69) is 51.9 Å². The summed E-state index contributed by atoms with van der Waals surface area (Å²) in [5, 5.41) is 0.162. The number of aromatic nitrogens is 2. The number of rotatable bonds is 4. The summed E-state index contributed by atoms with van der Waals surface area (Å²) >= 11 is 9.07. The Morgan fingerprint density at radius 3 is 2.63 bits per heavy atom. The molecule has 100 valence electrons. The van der Waals surface area contributed by atoms with Crippen LogP contribution in [0.15, 0.2) is 34.9 Å². The fraction of sp³-hybridized carbons (Fsp3) is 0.286. The van der Waals surface area contributed by atoms with Crippen LogP contribution in [0.25, 0.3) is 0 Å². The van der Waals surface area contributed by atoms with E-state index < -0.39 is 0 Å². The summed E-state index contributed by atoms with van der Waals surface area (Å²) in [5.41, 5.74) is 1.30. The quantitative estimate of drug-likeness (QED) is 0.717. The third-order valence-electron chi connectivity index (χ3n) is 2.96. The zero-order chi connectivity index (χ0) is 13.8. The van der Waals surface area contributed by atoms with Crippen LogP contribution in [-0.2, 0) is 0 Å². The molecule has 0 amide bonds. The van der Waals surface area contributed by atoms with Crippen LogP contribution in [0.1, 0.15) is 31.7 Å². The molecule has 0 radical (unpaired) electrons. The Morgan fingerprint density at radius 1 is 1.32 bits per heavy atom. The van der Waals surface area contributed by atoms with Crippen molar-refractivity contribution in [3.8, 4) is 11.6 Å². The zero-order valence-corrected chi connectivity index (χ0v) is 13.1. The summed E-state index contributed by atoms with van der Waals surface area (Å²) in [5.74, 6) is 1.69. The third-order valence-corrected chi connectivity index (χ3v) is 3.68. The van der Waals surface area contributed by atoms with Gasteiger partial charge in [0.15, 0.2) is 0 Å². The van der Waals surface area contributed by atoms with Crippen LogP contribution in [0.4, 0.5) is 0 Å². The maximum atomic E-state index is 5.75. The lowest BCUT2D eigenvalue weighted by atomic mass is 9.99. The predicted molar refractivity (Wildman–Crippen MR) is 80.0 cm³/mol. The third kappa shape index (κ3) is 3.67. The molecule has 0 aliphatic rings. The summed E-state index contributed by atoms with van der Waals surface area (Å²) in [6.45, 7) is 4.38. The lowest BCUT2D eigenvalue weighted by Gasteiger charge is -2.10. The fourth-order valence-electron chi connectivity index (χ4n) is 1.61. The molecule has 5 heteroatoms. The minimum absolute atomic E-state index is 0.162. The normalized spacial score (nSPS) is 12.2. The summed E-state index contributed by atoms with van der Waals surface area (Å²) in [6.07, 6.45) is 2.69. The molecule has 0 saturated heterocycles. The second-order valence-corrected chi connectivity index (χ2v) is 5.46. The lowest BCUT2D eigenvalue weighted by molar-refractivity contribution is 0.458. The molecule has 0 spiro atoms. The van der Waals surface area contributed by atoms with Crippen molar-refractivity contribution in [1.82, 2.24) is 9.97 Å². The summed E-state index contributed by atoms with van der Waals surface area (Å²) in [7, 11) is 0. The highest BCUT2D eigenvalue weighted by atomic mass is 79.9. The highest BCUT2D eigenvalue weighted by molar-refractivity contribution is 9.10. The Kier molecular flexibility index (Phi) is 4.77. The maximum absolute atomic E-state index is 5.75. The van der Waals surface area contributed by atoms with E-state index in [-0.39, 0.29) is 5.28 Å². The summed E-state index contributed by atoms with van der Waals surface area (Å²) in [6, 6.07) is 8.01. The van der Waals surface area contributed by atoms with Gasteiger partial charge in [-0.3, -0.25) is 0 Å². The second kappa shape index (κ2) is 6.35. The first-order chi connectivity index (χ1) is 9.10. The molecule has 1 aromatic heterocycles. The van der Waals surface area contributed by atoms with Crippen molar-refractivity contribution >= 4 is 27.5 Å². The molecule has 0 bridgehead atoms. The van der Waals surface area contributed by atoms with Crippen LogP contribution in [0.5, 0.6) is 11.6 Å². The predicted octanol–water partition coefficient (Wildman–Crippen LogP) is 5.20. The van der Waals surface area contributed by atoms with Crippen molar-refractivity contribution in [2.24, 2.45) is 0 Å². The van der Waals surface area contributed by atoms with Gasteiger partial charge in [-0.25, -0.2) is 4.98 Å². The smallest absolute Gasteiger partial charge is 0.237 e. The van der Waals surface area contributed by atoms with Gasteiger partial charge >= 0.3 is 0 Å². The van der Waals surface area contributed by atoms with Gasteiger partial charge in [-0.05, 0) is 57.6 Å². The van der Waals surface area contributed by atoms with Gasteiger partial charge in [0.1, 0.15) is 5.75 Å². The maximum Gasteiger partial charge on any atom is 0.237 e. The Bertz CT molecular complexity index is 560. The molecule has 1 atom stereocenters. The van der Waals surface area contributed by atoms with E-state index in [0.29, 0.717) is 16.3 Å². The van der Waals surface area contributed by atoms with E-state index >= 15 is 0 Å². The van der Waals surface area contributed by atoms with Crippen LogP contribution in [0.2, 0.25) is 5.28 Å². The number of hydrogen-bond acceptors (Lipinski definition) is 3. The van der Waals surface area contributed by atoms with E-state index in [1.807, 2.05) is 12.1 Å². The van der Waals surface area contributed by atoms with Crippen LogP contribution in [-0.4, -0.2) is 9.97 Å². The number of nitrogens with zero attached hydrogens (tertiary/aromatic N) is 2. The standard InChI is InChI=1S/C14H14BrClN2O/c1-3-9(2)10-4-6-11(7-5-10)19-13-12(15)8-17-14(16)18-13/h4-9H,3H2,1-2H3. The minimum Gasteiger partial charge on any atom is -0.438 e. The van der Waals surface area contributed by atoms with Crippen LogP contribution in [0.3, 0.4) is 0 Å². The first kappa shape index (κ1) is 14.3. The van der Waals surface area contributed by atoms with Crippen LogP contribution < -0.4 is 4.74 Å². The minimum atomic E-state index is 0.162. The molecule has 0 fully saturated rings. The van der Waals surface area contributed by atoms with E-state index in [0.717, 1.165) is 12.2 Å². The zero-order valence-electron chi connectivity index (χ0n) is 10.7. The average Bonchev–Trinajstić information content (AvgIpc) is 2.43. The van der Waals surface area contributed by atoms with Gasteiger partial charge < -0.3 is 4.74 Å². The van der Waals surface area contributed by atoms with Gasteiger partial charge in [0, 0.05) is 6.20 Å². The Hall–Kier alpha value is -1.13. The Morgan fingerprint density at radius 2 is 2.00 bits per heavy atom. The van der Waals surface area contributed by atoms with Crippen LogP contribution >= 0.6 is 27.5 Å². The molecule has 0 aliphatic heterocycles. The SMILES string of the molecule is CCC(C)c1ccc(Oc2nc(Cl)ncc2Br)cc1. The number of benzene rings is 1. The monoisotopic (exact) mass is 340 g/mol. The fourth-order valence-corrected chi connectivity index (χ4v) is 2.01. The highest BCUT2D eigenvalue weighted by Gasteiger charge is 2.07. The molecule has 0 N–H and O–H groups in total. The van der Waals surface area contributed by atoms with Crippen LogP contribution in [0, 0.1) is 0 Å². The van der Waals surface area contributed by atoms with Crippen molar-refractivity contribution < 1.29 is 4.74 Å². The van der Waals surface area contributed by atoms with E-state index in [1.54, 1.807) is 6.20 Å². The first-order valence-corrected chi connectivity index (χ1v) is 7.23. The Labute approximate surface area is 126 Å². The summed E-state index contributed by atoms with van der Waals surface area (Å²) < 4.78 is 6.35. The number of halogens is 2. The second-order valence-electron chi connectivity index (χ2n) is 4.27. The van der Waals surface area contributed by atoms with Gasteiger partial charge in [0.25, 0.3) is 0 Å². The molecule has 2 aromatic rings. The molecule has 1 heterocycles. The number of ether oxygens (including phenoxy) is 1. The molecule has 3 nitrogen and oxygen atoms in total. The molecule has 0 aliphatic carbocycles. The van der Waals surface area contributed by atoms with Crippen molar-refractivity contribution in [2.45, 2.75) is 26.2 Å². The van der Waals surface area contributed by atoms with E-state index in [1.165, 1.54) is 5.56 Å². The van der Waals surface area contributed by atoms with Gasteiger partial charge in [-0.1, -0.05) is 26.0 Å². The molecule has 2 rings (SSSR count). The van der Waals surface area contributed by atoms with Gasteiger partial charge in [-0.15, -0.1) is 0 Å². The van der Waals surface area contributed by atoms with Gasteiger partial charge in [0.05, 0.1) is 4.47 Å². The highest BCUT2D eigenvalue weighted by Crippen LogP contribution is 2.29. The molecule has 0 saturated carbocycles. The van der Waals surface area contributed by atoms with Crippen molar-refractivity contribution in [3.63, 3.8) is 0 Å². The molecule has 1 unspecified atom stereocenters. The van der Waals surface area contributed by atoms with Crippen molar-refractivity contribution in [3.05, 3.63) is 45.8 Å². The lowest BCUT2D eigenvalue weighted by Crippen LogP contribution is -1.93. The van der Waals surface area contributed by atoms with E-state index in [4.69, 9.17) is 16.3 Å². The van der Waals surface area contributed by atoms with Gasteiger partial charge in [0.2, 0.25) is 11.2 Å². The van der Waals surface area contributed by atoms with E-state index in [9.17, 15) is 0 Å². The molecule has 1 aromatic carbocycles. The Balaban J connectivity index is 2.17. The number of hydrogen-bond donors (Lipinski definition) is 0. The topological polar surface area (TPSA) is 35.0 Å².